The second kappa shape index (κ2) is 12.7. The number of nitrogens with one attached hydrogen (secondary N) is 1. The Morgan fingerprint density at radius 2 is 1.29 bits per heavy atom. The first-order chi connectivity index (χ1) is 16.8. The van der Waals surface area contributed by atoms with Crippen LogP contribution in [-0.2, 0) is 27.5 Å². The number of aliphatic hydroxyl groups is 1. The van der Waals surface area contributed by atoms with E-state index < -0.39 is 24.1 Å². The summed E-state index contributed by atoms with van der Waals surface area (Å²) in [6.45, 7) is 5.99. The van der Waals surface area contributed by atoms with E-state index in [2.05, 4.69) is 5.32 Å². The molecule has 6 nitrogen and oxygen atoms in total. The van der Waals surface area contributed by atoms with Crippen molar-refractivity contribution in [3.63, 3.8) is 0 Å². The molecule has 0 bridgehead atoms. The fourth-order valence-corrected chi connectivity index (χ4v) is 3.83. The molecule has 2 N–H and O–H groups in total. The van der Waals surface area contributed by atoms with Crippen LogP contribution >= 0.6 is 0 Å². The zero-order valence-corrected chi connectivity index (χ0v) is 20.4. The largest absolute Gasteiger partial charge is 0.461 e. The van der Waals surface area contributed by atoms with E-state index in [1.54, 1.807) is 12.1 Å². The van der Waals surface area contributed by atoms with Crippen LogP contribution in [0, 0.1) is 11.8 Å². The van der Waals surface area contributed by atoms with Gasteiger partial charge < -0.3 is 14.6 Å². The van der Waals surface area contributed by atoms with Gasteiger partial charge in [-0.25, -0.2) is 4.79 Å². The molecule has 0 aliphatic rings. The number of hydrogen-bond donors (Lipinski definition) is 2. The molecule has 3 aromatic rings. The Kier molecular flexibility index (Phi) is 9.44. The molecule has 1 amide bonds. The average molecular weight is 476 g/mol. The van der Waals surface area contributed by atoms with Crippen molar-refractivity contribution in [1.29, 1.82) is 0 Å². The molecular formula is C29H33NO5. The van der Waals surface area contributed by atoms with Crippen molar-refractivity contribution >= 4 is 17.7 Å². The molecule has 0 fully saturated rings. The van der Waals surface area contributed by atoms with Gasteiger partial charge in [0.2, 0.25) is 0 Å². The second-order valence-electron chi connectivity index (χ2n) is 8.95. The van der Waals surface area contributed by atoms with Crippen LogP contribution in [0.4, 0.5) is 10.5 Å². The molecule has 0 aliphatic heterocycles. The molecule has 0 aliphatic carbocycles. The topological polar surface area (TPSA) is 84.9 Å². The van der Waals surface area contributed by atoms with Crippen molar-refractivity contribution in [3.8, 4) is 0 Å². The molecule has 0 saturated heterocycles. The van der Waals surface area contributed by atoms with Crippen LogP contribution in [0.25, 0.3) is 0 Å². The van der Waals surface area contributed by atoms with Crippen molar-refractivity contribution < 1.29 is 24.2 Å². The monoisotopic (exact) mass is 475 g/mol. The van der Waals surface area contributed by atoms with Crippen molar-refractivity contribution in [2.24, 2.45) is 11.8 Å². The van der Waals surface area contributed by atoms with E-state index in [0.717, 1.165) is 16.7 Å². The van der Waals surface area contributed by atoms with Gasteiger partial charge in [0, 0.05) is 5.69 Å². The van der Waals surface area contributed by atoms with Crippen molar-refractivity contribution in [2.45, 2.75) is 46.0 Å². The molecule has 0 saturated carbocycles. The third-order valence-corrected chi connectivity index (χ3v) is 5.98. The Balaban J connectivity index is 1.63. The minimum atomic E-state index is -0.862. The molecule has 0 heterocycles. The normalized spacial score (nSPS) is 13.5. The molecule has 0 radical (unpaired) electrons. The number of carbonyl (C=O) groups excluding carboxylic acids is 2. The lowest BCUT2D eigenvalue weighted by molar-refractivity contribution is -0.156. The zero-order valence-electron chi connectivity index (χ0n) is 20.4. The molecule has 6 heteroatoms. The van der Waals surface area contributed by atoms with Crippen LogP contribution in [0.2, 0.25) is 0 Å². The maximum atomic E-state index is 13.0. The SMILES string of the molecule is CC(C)C(O)C(C(=O)OCc1ccccc1)C(C)c1ccc(NC(=O)OCc2ccccc2)cc1. The van der Waals surface area contributed by atoms with E-state index in [1.165, 1.54) is 0 Å². The number of carbonyl (C=O) groups is 2. The molecule has 0 spiro atoms. The predicted molar refractivity (Wildman–Crippen MR) is 136 cm³/mol. The van der Waals surface area contributed by atoms with E-state index in [-0.39, 0.29) is 25.0 Å². The van der Waals surface area contributed by atoms with Gasteiger partial charge in [0.25, 0.3) is 0 Å². The lowest BCUT2D eigenvalue weighted by Gasteiger charge is -2.29. The zero-order chi connectivity index (χ0) is 25.2. The Morgan fingerprint density at radius 3 is 1.80 bits per heavy atom. The summed E-state index contributed by atoms with van der Waals surface area (Å²) in [6.07, 6.45) is -1.41. The number of rotatable bonds is 10. The fraction of sp³-hybridized carbons (Fsp3) is 0.310. The first-order valence-corrected chi connectivity index (χ1v) is 11.8. The summed E-state index contributed by atoms with van der Waals surface area (Å²) in [6, 6.07) is 26.1. The van der Waals surface area contributed by atoms with Gasteiger partial charge in [0.15, 0.2) is 0 Å². The van der Waals surface area contributed by atoms with Crippen LogP contribution in [-0.4, -0.2) is 23.3 Å². The highest BCUT2D eigenvalue weighted by molar-refractivity contribution is 5.84. The van der Waals surface area contributed by atoms with Gasteiger partial charge in [0.05, 0.1) is 12.0 Å². The van der Waals surface area contributed by atoms with Gasteiger partial charge in [-0.1, -0.05) is 93.6 Å². The summed E-state index contributed by atoms with van der Waals surface area (Å²) in [5.74, 6) is -1.58. The van der Waals surface area contributed by atoms with Crippen LogP contribution in [0.1, 0.15) is 43.4 Å². The Morgan fingerprint density at radius 1 is 0.771 bits per heavy atom. The summed E-state index contributed by atoms with van der Waals surface area (Å²) < 4.78 is 10.8. The van der Waals surface area contributed by atoms with Crippen LogP contribution in [0.5, 0.6) is 0 Å². The van der Waals surface area contributed by atoms with E-state index >= 15 is 0 Å². The minimum absolute atomic E-state index is 0.118. The lowest BCUT2D eigenvalue weighted by Crippen LogP contribution is -2.37. The van der Waals surface area contributed by atoms with Gasteiger partial charge in [-0.3, -0.25) is 10.1 Å². The second-order valence-corrected chi connectivity index (χ2v) is 8.95. The molecular weight excluding hydrogens is 442 g/mol. The molecule has 3 unspecified atom stereocenters. The van der Waals surface area contributed by atoms with Crippen molar-refractivity contribution in [2.75, 3.05) is 5.32 Å². The van der Waals surface area contributed by atoms with Gasteiger partial charge in [-0.15, -0.1) is 0 Å². The highest BCUT2D eigenvalue weighted by Crippen LogP contribution is 2.32. The minimum Gasteiger partial charge on any atom is -0.461 e. The van der Waals surface area contributed by atoms with E-state index in [0.29, 0.717) is 5.69 Å². The molecule has 3 atom stereocenters. The van der Waals surface area contributed by atoms with E-state index in [4.69, 9.17) is 9.47 Å². The third kappa shape index (κ3) is 7.69. The summed E-state index contributed by atoms with van der Waals surface area (Å²) in [4.78, 5) is 25.2. The molecule has 3 aromatic carbocycles. The third-order valence-electron chi connectivity index (χ3n) is 5.98. The summed E-state index contributed by atoms with van der Waals surface area (Å²) in [7, 11) is 0. The maximum Gasteiger partial charge on any atom is 0.411 e. The number of anilines is 1. The standard InChI is InChI=1S/C29H33NO5/c1-20(2)27(31)26(28(32)34-18-22-10-6-4-7-11-22)21(3)24-14-16-25(17-15-24)30-29(33)35-19-23-12-8-5-9-13-23/h4-17,20-21,26-27,31H,18-19H2,1-3H3,(H,30,33). The van der Waals surface area contributed by atoms with E-state index in [9.17, 15) is 14.7 Å². The molecule has 0 aromatic heterocycles. The number of esters is 1. The van der Waals surface area contributed by atoms with Crippen LogP contribution < -0.4 is 5.32 Å². The number of hydrogen-bond acceptors (Lipinski definition) is 5. The number of ether oxygens (including phenoxy) is 2. The van der Waals surface area contributed by atoms with Gasteiger partial charge in [0.1, 0.15) is 13.2 Å². The molecule has 184 valence electrons. The molecule has 3 rings (SSSR count). The quantitative estimate of drug-likeness (QED) is 0.356. The Labute approximate surface area is 206 Å². The Bertz CT molecular complexity index is 1070. The highest BCUT2D eigenvalue weighted by Gasteiger charge is 2.36. The van der Waals surface area contributed by atoms with Gasteiger partial charge in [-0.05, 0) is 40.7 Å². The maximum absolute atomic E-state index is 13.0. The van der Waals surface area contributed by atoms with Crippen molar-refractivity contribution in [3.05, 3.63) is 102 Å². The highest BCUT2D eigenvalue weighted by atomic mass is 16.5. The number of amides is 1. The smallest absolute Gasteiger partial charge is 0.411 e. The van der Waals surface area contributed by atoms with Gasteiger partial charge in [-0.2, -0.15) is 0 Å². The number of aliphatic hydroxyl groups excluding tert-OH is 1. The first-order valence-electron chi connectivity index (χ1n) is 11.8. The summed E-state index contributed by atoms with van der Waals surface area (Å²) in [5.41, 5.74) is 3.22. The van der Waals surface area contributed by atoms with E-state index in [1.807, 2.05) is 93.6 Å². The molecule has 35 heavy (non-hydrogen) atoms. The number of benzene rings is 3. The van der Waals surface area contributed by atoms with Crippen LogP contribution in [0.15, 0.2) is 84.9 Å². The Hall–Kier alpha value is -3.64. The lowest BCUT2D eigenvalue weighted by atomic mass is 9.80. The predicted octanol–water partition coefficient (Wildman–Crippen LogP) is 5.92. The average Bonchev–Trinajstić information content (AvgIpc) is 2.88. The van der Waals surface area contributed by atoms with Gasteiger partial charge >= 0.3 is 12.1 Å². The van der Waals surface area contributed by atoms with Crippen LogP contribution in [0.3, 0.4) is 0 Å². The first kappa shape index (κ1) is 26.0. The summed E-state index contributed by atoms with van der Waals surface area (Å²) >= 11 is 0. The summed E-state index contributed by atoms with van der Waals surface area (Å²) in [5, 5.41) is 13.5. The fourth-order valence-electron chi connectivity index (χ4n) is 3.83. The van der Waals surface area contributed by atoms with Crippen molar-refractivity contribution in [1.82, 2.24) is 0 Å².